The van der Waals surface area contributed by atoms with E-state index in [0.29, 0.717) is 13.2 Å². The molecule has 0 aromatic carbocycles. The molecule has 0 aromatic rings. The third-order valence-electron chi connectivity index (χ3n) is 5.47. The van der Waals surface area contributed by atoms with Crippen LogP contribution in [-0.4, -0.2) is 87.0 Å². The number of aliphatic hydroxyl groups excluding tert-OH is 3. The quantitative estimate of drug-likeness (QED) is 0.243. The minimum Gasteiger partial charge on any atom is -0.388 e. The molecule has 3 heterocycles. The van der Waals surface area contributed by atoms with Gasteiger partial charge in [0, 0.05) is 24.5 Å². The fourth-order valence-electron chi connectivity index (χ4n) is 3.92. The van der Waals surface area contributed by atoms with Crippen molar-refractivity contribution in [2.45, 2.75) is 61.9 Å². The Balaban J connectivity index is 1.72. The van der Waals surface area contributed by atoms with Crippen LogP contribution in [-0.2, 0) is 14.3 Å². The highest BCUT2D eigenvalue weighted by Gasteiger charge is 2.49. The van der Waals surface area contributed by atoms with Gasteiger partial charge in [-0.25, -0.2) is 0 Å². The largest absolute Gasteiger partial charge is 0.388 e. The van der Waals surface area contributed by atoms with Crippen LogP contribution in [0.5, 0.6) is 0 Å². The monoisotopic (exact) mass is 404 g/mol. The predicted octanol–water partition coefficient (Wildman–Crippen LogP) is -1.32. The van der Waals surface area contributed by atoms with E-state index >= 15 is 0 Å². The Bertz CT molecular complexity index is 561. The lowest BCUT2D eigenvalue weighted by molar-refractivity contribution is -0.209. The summed E-state index contributed by atoms with van der Waals surface area (Å²) in [5, 5.41) is 36.4. The molecular weight excluding hydrogens is 376 g/mol. The molecule has 0 aromatic heterocycles. The van der Waals surface area contributed by atoms with E-state index < -0.39 is 41.9 Å². The van der Waals surface area contributed by atoms with Crippen molar-refractivity contribution in [3.05, 3.63) is 12.2 Å². The second-order valence-electron chi connectivity index (χ2n) is 7.60. The molecule has 0 bridgehead atoms. The third-order valence-corrected chi connectivity index (χ3v) is 6.06. The molecule has 9 nitrogen and oxygen atoms in total. The fraction of sp³-hybridized carbons (Fsp3) is 0.824. The lowest BCUT2D eigenvalue weighted by Crippen LogP contribution is -2.65. The van der Waals surface area contributed by atoms with Gasteiger partial charge in [0.2, 0.25) is 5.91 Å². The molecule has 0 radical (unpaired) electrons. The van der Waals surface area contributed by atoms with E-state index in [-0.39, 0.29) is 35.9 Å². The first-order chi connectivity index (χ1) is 12.8. The summed E-state index contributed by atoms with van der Waals surface area (Å²) in [5.74, 6) is -0.276. The lowest BCUT2D eigenvalue weighted by atomic mass is 9.88. The highest BCUT2D eigenvalue weighted by molar-refractivity contribution is 7.94. The maximum absolute atomic E-state index is 12.9. The van der Waals surface area contributed by atoms with E-state index in [1.54, 1.807) is 0 Å². The zero-order chi connectivity index (χ0) is 19.7. The van der Waals surface area contributed by atoms with Crippen molar-refractivity contribution < 1.29 is 34.1 Å². The van der Waals surface area contributed by atoms with Crippen LogP contribution < -0.4 is 10.6 Å². The topological polar surface area (TPSA) is 141 Å². The highest BCUT2D eigenvalue weighted by atomic mass is 32.2. The molecule has 0 aliphatic carbocycles. The molecule has 0 saturated carbocycles. The van der Waals surface area contributed by atoms with Gasteiger partial charge in [-0.3, -0.25) is 4.79 Å². The van der Waals surface area contributed by atoms with Gasteiger partial charge in [0.15, 0.2) is 5.44 Å². The standard InChI is InChI=1S/C17H28N2O7S/c1-7(2)9(15-12(21)11(20)13(22)17(26-15)27-24)19-16(23)10-14-8(6-18-10)4-3-5-25-14/h3-4,7-15,17-18,20-22,24H,5-6H2,1-2H3,(H,19,23)/t8-,9+,10-,11?,12?,13+,14+,15+,17?/m0/s1. The lowest BCUT2D eigenvalue weighted by Gasteiger charge is -2.44. The molecule has 3 rings (SSSR count). The van der Waals surface area contributed by atoms with Gasteiger partial charge in [0.05, 0.1) is 18.8 Å². The molecule has 27 heavy (non-hydrogen) atoms. The molecule has 2 fully saturated rings. The third kappa shape index (κ3) is 4.18. The van der Waals surface area contributed by atoms with E-state index in [0.717, 1.165) is 0 Å². The molecule has 3 aliphatic heterocycles. The first-order valence-electron chi connectivity index (χ1n) is 9.17. The van der Waals surface area contributed by atoms with Gasteiger partial charge in [-0.15, -0.1) is 0 Å². The average molecular weight is 404 g/mol. The van der Waals surface area contributed by atoms with Crippen LogP contribution in [0, 0.1) is 11.8 Å². The van der Waals surface area contributed by atoms with E-state index in [9.17, 15) is 24.7 Å². The summed E-state index contributed by atoms with van der Waals surface area (Å²) in [4.78, 5) is 12.9. The summed E-state index contributed by atoms with van der Waals surface area (Å²) < 4.78 is 20.6. The Morgan fingerprint density at radius 1 is 1.26 bits per heavy atom. The number of carbonyl (C=O) groups is 1. The maximum Gasteiger partial charge on any atom is 0.240 e. The van der Waals surface area contributed by atoms with Crippen molar-refractivity contribution >= 4 is 17.9 Å². The minimum absolute atomic E-state index is 0.134. The highest BCUT2D eigenvalue weighted by Crippen LogP contribution is 2.31. The zero-order valence-electron chi connectivity index (χ0n) is 15.3. The SMILES string of the molecule is CC(C)[C@@H](NC(=O)[C@H]1NC[C@@H]2C=CCO[C@@H]12)[C@H]1OC(SO)[C@H](O)C(O)C1O. The Hall–Kier alpha value is -0.720. The molecular formula is C17H28N2O7S. The summed E-state index contributed by atoms with van der Waals surface area (Å²) in [5.41, 5.74) is -1.12. The van der Waals surface area contributed by atoms with Crippen LogP contribution in [0.3, 0.4) is 0 Å². The second kappa shape index (κ2) is 8.75. The molecule has 2 saturated heterocycles. The number of aliphatic hydroxyl groups is 3. The van der Waals surface area contributed by atoms with Crippen LogP contribution in [0.1, 0.15) is 13.8 Å². The Labute approximate surface area is 162 Å². The Kier molecular flexibility index (Phi) is 6.80. The second-order valence-corrected chi connectivity index (χ2v) is 8.28. The van der Waals surface area contributed by atoms with Crippen molar-refractivity contribution in [1.82, 2.24) is 10.6 Å². The van der Waals surface area contributed by atoms with Crippen LogP contribution in [0.25, 0.3) is 0 Å². The smallest absolute Gasteiger partial charge is 0.240 e. The first kappa shape index (κ1) is 21.0. The average Bonchev–Trinajstić information content (AvgIpc) is 3.09. The van der Waals surface area contributed by atoms with E-state index in [4.69, 9.17) is 9.47 Å². The first-order valence-corrected chi connectivity index (χ1v) is 10.0. The normalized spacial score (nSPS) is 42.8. The van der Waals surface area contributed by atoms with Crippen molar-refractivity contribution in [3.63, 3.8) is 0 Å². The van der Waals surface area contributed by atoms with Crippen LogP contribution in [0.4, 0.5) is 0 Å². The van der Waals surface area contributed by atoms with Crippen molar-refractivity contribution in [2.24, 2.45) is 11.8 Å². The van der Waals surface area contributed by atoms with Crippen LogP contribution >= 0.6 is 12.0 Å². The molecule has 3 aliphatic rings. The number of nitrogens with one attached hydrogen (secondary N) is 2. The Morgan fingerprint density at radius 3 is 2.67 bits per heavy atom. The molecule has 1 amide bonds. The van der Waals surface area contributed by atoms with Gasteiger partial charge in [0.25, 0.3) is 0 Å². The summed E-state index contributed by atoms with van der Waals surface area (Å²) in [7, 11) is 0. The van der Waals surface area contributed by atoms with Gasteiger partial charge in [-0.1, -0.05) is 26.0 Å². The molecule has 9 atom stereocenters. The number of carbonyl (C=O) groups excluding carboxylic acids is 1. The number of hydrogen-bond donors (Lipinski definition) is 6. The number of fused-ring (bicyclic) bond motifs is 1. The van der Waals surface area contributed by atoms with Crippen LogP contribution in [0.15, 0.2) is 12.2 Å². The molecule has 0 spiro atoms. The molecule has 3 unspecified atom stereocenters. The predicted molar refractivity (Wildman–Crippen MR) is 97.8 cm³/mol. The summed E-state index contributed by atoms with van der Waals surface area (Å²) in [6.45, 7) is 4.81. The summed E-state index contributed by atoms with van der Waals surface area (Å²) in [6, 6.07) is -1.16. The number of amides is 1. The van der Waals surface area contributed by atoms with Crippen molar-refractivity contribution in [2.75, 3.05) is 13.2 Å². The minimum atomic E-state index is -1.49. The molecule has 154 valence electrons. The fourth-order valence-corrected chi connectivity index (χ4v) is 4.38. The van der Waals surface area contributed by atoms with E-state index in [1.165, 1.54) is 0 Å². The number of hydrogen-bond acceptors (Lipinski definition) is 9. The van der Waals surface area contributed by atoms with Gasteiger partial charge >= 0.3 is 0 Å². The zero-order valence-corrected chi connectivity index (χ0v) is 16.1. The Morgan fingerprint density at radius 2 is 2.00 bits per heavy atom. The van der Waals surface area contributed by atoms with Crippen molar-refractivity contribution in [1.29, 1.82) is 0 Å². The van der Waals surface area contributed by atoms with E-state index in [2.05, 4.69) is 10.6 Å². The summed E-state index contributed by atoms with van der Waals surface area (Å²) in [6.07, 6.45) is -1.60. The van der Waals surface area contributed by atoms with Gasteiger partial charge in [0.1, 0.15) is 30.5 Å². The van der Waals surface area contributed by atoms with Crippen molar-refractivity contribution in [3.8, 4) is 0 Å². The molecule has 10 heteroatoms. The summed E-state index contributed by atoms with van der Waals surface area (Å²) >= 11 is 0.256. The van der Waals surface area contributed by atoms with Gasteiger partial charge < -0.3 is 40.0 Å². The van der Waals surface area contributed by atoms with E-state index in [1.807, 2.05) is 26.0 Å². The van der Waals surface area contributed by atoms with Gasteiger partial charge in [-0.05, 0) is 5.92 Å². The van der Waals surface area contributed by atoms with Gasteiger partial charge in [-0.2, -0.15) is 0 Å². The molecule has 6 N–H and O–H groups in total. The number of rotatable bonds is 5. The maximum atomic E-state index is 12.9. The number of ether oxygens (including phenoxy) is 2. The van der Waals surface area contributed by atoms with Crippen LogP contribution in [0.2, 0.25) is 0 Å².